The Morgan fingerprint density at radius 2 is 2.00 bits per heavy atom. The fourth-order valence-corrected chi connectivity index (χ4v) is 4.57. The van der Waals surface area contributed by atoms with E-state index in [1.165, 1.54) is 18.2 Å². The van der Waals surface area contributed by atoms with Crippen LogP contribution in [0.3, 0.4) is 0 Å². The van der Waals surface area contributed by atoms with Crippen LogP contribution < -0.4 is 0 Å². The van der Waals surface area contributed by atoms with Crippen molar-refractivity contribution in [1.82, 2.24) is 14.1 Å². The number of benzene rings is 2. The molecule has 0 saturated carbocycles. The number of hydrogen-bond acceptors (Lipinski definition) is 4. The molecule has 2 heterocycles. The molecule has 1 aliphatic carbocycles. The zero-order chi connectivity index (χ0) is 22.2. The Labute approximate surface area is 184 Å². The molecule has 7 heteroatoms. The quantitative estimate of drug-likeness (QED) is 0.350. The monoisotopic (exact) mass is 430 g/mol. The van der Waals surface area contributed by atoms with Crippen LogP contribution in [0.25, 0.3) is 10.9 Å². The average Bonchev–Trinajstić information content (AvgIpc) is 3.34. The van der Waals surface area contributed by atoms with E-state index in [2.05, 4.69) is 31.4 Å². The standard InChI is InChI=1S/C25H23FN4O2/c1-16-27-13-14-30(16)15-17-11-12-22-23(19-8-4-6-10-21(19)29(22)2)24(17)28-32-25(31)18-7-3-5-9-20(18)26/h3-10,13-14,17H,11-12,15H2,1-2H3. The van der Waals surface area contributed by atoms with Crippen LogP contribution in [0.1, 0.15) is 33.9 Å². The van der Waals surface area contributed by atoms with Gasteiger partial charge in [0.2, 0.25) is 0 Å². The van der Waals surface area contributed by atoms with Crippen LogP contribution >= 0.6 is 0 Å². The van der Waals surface area contributed by atoms with Crippen molar-refractivity contribution in [2.24, 2.45) is 18.1 Å². The summed E-state index contributed by atoms with van der Waals surface area (Å²) < 4.78 is 18.3. The zero-order valence-corrected chi connectivity index (χ0v) is 18.0. The molecule has 6 nitrogen and oxygen atoms in total. The van der Waals surface area contributed by atoms with Crippen molar-refractivity contribution in [3.05, 3.63) is 89.4 Å². The first kappa shape index (κ1) is 20.2. The summed E-state index contributed by atoms with van der Waals surface area (Å²) in [6.07, 6.45) is 5.46. The number of para-hydroxylation sites is 1. The van der Waals surface area contributed by atoms with E-state index in [-0.39, 0.29) is 11.5 Å². The summed E-state index contributed by atoms with van der Waals surface area (Å²) in [5.74, 6) is -0.496. The van der Waals surface area contributed by atoms with Crippen LogP contribution in [0.15, 0.2) is 66.1 Å². The SMILES string of the molecule is Cc1nccn1CC1CCc2c(c3ccccc3n2C)C1=NOC(=O)c1ccccc1F. The number of aryl methyl sites for hydroxylation is 2. The minimum atomic E-state index is -0.805. The highest BCUT2D eigenvalue weighted by molar-refractivity contribution is 6.14. The first-order valence-electron chi connectivity index (χ1n) is 10.6. The van der Waals surface area contributed by atoms with Gasteiger partial charge in [-0.3, -0.25) is 0 Å². The Hall–Kier alpha value is -3.74. The molecule has 162 valence electrons. The number of rotatable bonds is 4. The second-order valence-corrected chi connectivity index (χ2v) is 8.10. The molecular formula is C25H23FN4O2. The largest absolute Gasteiger partial charge is 0.368 e. The number of fused-ring (bicyclic) bond motifs is 3. The Morgan fingerprint density at radius 3 is 2.78 bits per heavy atom. The van der Waals surface area contributed by atoms with Gasteiger partial charge in [-0.2, -0.15) is 0 Å². The first-order valence-corrected chi connectivity index (χ1v) is 10.6. The molecule has 0 fully saturated rings. The van der Waals surface area contributed by atoms with Crippen LogP contribution in [-0.4, -0.2) is 25.8 Å². The summed E-state index contributed by atoms with van der Waals surface area (Å²) >= 11 is 0. The van der Waals surface area contributed by atoms with Gasteiger partial charge in [-0.25, -0.2) is 14.2 Å². The minimum absolute atomic E-state index is 0.0228. The van der Waals surface area contributed by atoms with Crippen molar-refractivity contribution in [3.8, 4) is 0 Å². The molecule has 0 bridgehead atoms. The molecule has 0 N–H and O–H groups in total. The van der Waals surface area contributed by atoms with E-state index >= 15 is 0 Å². The van der Waals surface area contributed by atoms with Crippen LogP contribution in [0.5, 0.6) is 0 Å². The lowest BCUT2D eigenvalue weighted by molar-refractivity contribution is 0.0508. The van der Waals surface area contributed by atoms with Crippen LogP contribution in [0, 0.1) is 18.7 Å². The number of carbonyl (C=O) groups excluding carboxylic acids is 1. The topological polar surface area (TPSA) is 61.4 Å². The molecule has 4 aromatic rings. The third-order valence-electron chi connectivity index (χ3n) is 6.26. The minimum Gasteiger partial charge on any atom is -0.347 e. The normalized spacial score (nSPS) is 17.0. The fraction of sp³-hybridized carbons (Fsp3) is 0.240. The second kappa shape index (κ2) is 8.07. The van der Waals surface area contributed by atoms with Gasteiger partial charge in [-0.05, 0) is 38.0 Å². The number of aromatic nitrogens is 3. The van der Waals surface area contributed by atoms with E-state index < -0.39 is 11.8 Å². The van der Waals surface area contributed by atoms with E-state index in [9.17, 15) is 9.18 Å². The number of imidazole rings is 1. The maximum absolute atomic E-state index is 14.1. The molecular weight excluding hydrogens is 407 g/mol. The van der Waals surface area contributed by atoms with Gasteiger partial charge in [0.1, 0.15) is 11.6 Å². The summed E-state index contributed by atoms with van der Waals surface area (Å²) in [4.78, 5) is 22.2. The summed E-state index contributed by atoms with van der Waals surface area (Å²) in [6.45, 7) is 2.63. The second-order valence-electron chi connectivity index (χ2n) is 8.10. The van der Waals surface area contributed by atoms with E-state index in [0.29, 0.717) is 12.3 Å². The molecule has 32 heavy (non-hydrogen) atoms. The highest BCUT2D eigenvalue weighted by Gasteiger charge is 2.32. The highest BCUT2D eigenvalue weighted by atomic mass is 19.1. The molecule has 0 spiro atoms. The van der Waals surface area contributed by atoms with E-state index in [1.807, 2.05) is 32.3 Å². The van der Waals surface area contributed by atoms with Crippen LogP contribution in [0.4, 0.5) is 4.39 Å². The molecule has 0 aliphatic heterocycles. The molecule has 1 atom stereocenters. The van der Waals surface area contributed by atoms with Crippen molar-refractivity contribution < 1.29 is 14.0 Å². The van der Waals surface area contributed by atoms with Gasteiger partial charge in [0.05, 0.1) is 11.3 Å². The smallest absolute Gasteiger partial charge is 0.347 e. The number of hydrogen-bond donors (Lipinski definition) is 0. The van der Waals surface area contributed by atoms with Crippen molar-refractivity contribution in [1.29, 1.82) is 0 Å². The van der Waals surface area contributed by atoms with Gasteiger partial charge in [0.25, 0.3) is 0 Å². The van der Waals surface area contributed by atoms with Gasteiger partial charge in [0.15, 0.2) is 0 Å². The third-order valence-corrected chi connectivity index (χ3v) is 6.26. The maximum atomic E-state index is 14.1. The van der Waals surface area contributed by atoms with Crippen molar-refractivity contribution in [2.75, 3.05) is 0 Å². The molecule has 0 amide bonds. The van der Waals surface area contributed by atoms with E-state index in [4.69, 9.17) is 4.84 Å². The predicted molar refractivity (Wildman–Crippen MR) is 120 cm³/mol. The number of nitrogens with zero attached hydrogens (tertiary/aromatic N) is 4. The summed E-state index contributed by atoms with van der Waals surface area (Å²) in [6, 6.07) is 13.9. The van der Waals surface area contributed by atoms with E-state index in [0.717, 1.165) is 40.8 Å². The predicted octanol–water partition coefficient (Wildman–Crippen LogP) is 4.65. The number of oxime groups is 1. The van der Waals surface area contributed by atoms with Crippen molar-refractivity contribution >= 4 is 22.6 Å². The van der Waals surface area contributed by atoms with E-state index in [1.54, 1.807) is 12.3 Å². The van der Waals surface area contributed by atoms with Crippen molar-refractivity contribution in [2.45, 2.75) is 26.3 Å². The fourth-order valence-electron chi connectivity index (χ4n) is 4.57. The summed E-state index contributed by atoms with van der Waals surface area (Å²) in [5, 5.41) is 5.42. The Balaban J connectivity index is 1.58. The Morgan fingerprint density at radius 1 is 1.22 bits per heavy atom. The van der Waals surface area contributed by atoms with Gasteiger partial charge < -0.3 is 14.0 Å². The lowest BCUT2D eigenvalue weighted by atomic mass is 9.84. The molecule has 1 unspecified atom stereocenters. The zero-order valence-electron chi connectivity index (χ0n) is 18.0. The highest BCUT2D eigenvalue weighted by Crippen LogP contribution is 2.35. The van der Waals surface area contributed by atoms with Crippen LogP contribution in [-0.2, 0) is 24.9 Å². The van der Waals surface area contributed by atoms with Crippen molar-refractivity contribution in [3.63, 3.8) is 0 Å². The van der Waals surface area contributed by atoms with Gasteiger partial charge in [0, 0.05) is 54.1 Å². The average molecular weight is 430 g/mol. The van der Waals surface area contributed by atoms with Crippen LogP contribution in [0.2, 0.25) is 0 Å². The molecule has 2 aromatic heterocycles. The molecule has 0 saturated heterocycles. The Kier molecular flexibility index (Phi) is 5.09. The maximum Gasteiger partial charge on any atom is 0.368 e. The molecule has 1 aliphatic rings. The third kappa shape index (κ3) is 3.39. The summed E-state index contributed by atoms with van der Waals surface area (Å²) in [7, 11) is 2.05. The summed E-state index contributed by atoms with van der Waals surface area (Å²) in [5.41, 5.74) is 3.84. The molecule has 5 rings (SSSR count). The van der Waals surface area contributed by atoms with Gasteiger partial charge in [-0.15, -0.1) is 0 Å². The molecule has 0 radical (unpaired) electrons. The number of halogens is 1. The lowest BCUT2D eigenvalue weighted by Gasteiger charge is -2.25. The van der Waals surface area contributed by atoms with Gasteiger partial charge in [-0.1, -0.05) is 35.5 Å². The van der Waals surface area contributed by atoms with Gasteiger partial charge >= 0.3 is 5.97 Å². The first-order chi connectivity index (χ1) is 15.5. The lowest BCUT2D eigenvalue weighted by Crippen LogP contribution is -2.28. The molecule has 2 aromatic carbocycles. The number of carbonyl (C=O) groups is 1. The Bertz CT molecular complexity index is 1350.